The monoisotopic (exact) mass is 98.1 g/mol. The molecule has 0 amide bonds. The molecule has 0 aliphatic rings. The van der Waals surface area contributed by atoms with Crippen molar-refractivity contribution in [2.45, 2.75) is 19.4 Å². The van der Waals surface area contributed by atoms with Gasteiger partial charge in [-0.3, -0.25) is 0 Å². The molecule has 0 aromatic carbocycles. The molecule has 0 aliphatic carbocycles. The standard InChI is InChI=1S/C4H8N3/c1-4(2,3)6-7-5/h1H2,2-3H3/q+1. The highest BCUT2D eigenvalue weighted by atomic mass is 15.2. The van der Waals surface area contributed by atoms with Crippen molar-refractivity contribution in [2.24, 2.45) is 5.11 Å². The lowest BCUT2D eigenvalue weighted by Crippen LogP contribution is -2.07. The average Bonchev–Trinajstić information content (AvgIpc) is 1.30. The van der Waals surface area contributed by atoms with Crippen LogP contribution in [0.2, 0.25) is 0 Å². The molecule has 0 aliphatic heterocycles. The molecular weight excluding hydrogens is 90.1 g/mol. The van der Waals surface area contributed by atoms with Gasteiger partial charge in [-0.25, -0.2) is 0 Å². The molecule has 0 heterocycles. The van der Waals surface area contributed by atoms with Gasteiger partial charge < -0.3 is 0 Å². The van der Waals surface area contributed by atoms with Crippen molar-refractivity contribution in [1.82, 2.24) is 0 Å². The average molecular weight is 98.1 g/mol. The van der Waals surface area contributed by atoms with E-state index in [1.54, 1.807) is 13.8 Å². The minimum atomic E-state index is -0.491. The van der Waals surface area contributed by atoms with Gasteiger partial charge >= 0.3 is 0 Å². The Morgan fingerprint density at radius 3 is 2.14 bits per heavy atom. The molecule has 0 unspecified atom stereocenters. The summed E-state index contributed by atoms with van der Waals surface area (Å²) in [6.07, 6.45) is 0. The summed E-state index contributed by atoms with van der Waals surface area (Å²) in [4.78, 5) is 2.57. The Morgan fingerprint density at radius 1 is 1.71 bits per heavy atom. The predicted molar refractivity (Wildman–Crippen MR) is 28.6 cm³/mol. The molecule has 0 spiro atoms. The Kier molecular flexibility index (Phi) is 1.55. The molecule has 0 aromatic heterocycles. The third-order valence-corrected chi connectivity index (χ3v) is 0.315. The van der Waals surface area contributed by atoms with Gasteiger partial charge in [0.15, 0.2) is 5.54 Å². The summed E-state index contributed by atoms with van der Waals surface area (Å²) in [5, 5.41) is 3.33. The van der Waals surface area contributed by atoms with Crippen LogP contribution in [0.4, 0.5) is 0 Å². The molecule has 3 nitrogen and oxygen atoms in total. The molecule has 38 valence electrons. The normalized spacial score (nSPS) is 10.0. The summed E-state index contributed by atoms with van der Waals surface area (Å²) in [7, 11) is 0. The van der Waals surface area contributed by atoms with Crippen molar-refractivity contribution in [3.63, 3.8) is 0 Å². The summed E-state index contributed by atoms with van der Waals surface area (Å²) in [6, 6.07) is 0. The minimum Gasteiger partial charge on any atom is -0.0394 e. The van der Waals surface area contributed by atoms with Crippen LogP contribution in [0, 0.1) is 6.92 Å². The third kappa shape index (κ3) is 5.18. The SMILES string of the molecule is [CH2+]C(C)(C)N=[N+]=[N-]. The lowest BCUT2D eigenvalue weighted by Gasteiger charge is -1.96. The Labute approximate surface area is 43.0 Å². The quantitative estimate of drug-likeness (QED) is 0.208. The largest absolute Gasteiger partial charge is 0.178 e. The number of hydrogen-bond acceptors (Lipinski definition) is 1. The Bertz CT molecular complexity index is 94.0. The van der Waals surface area contributed by atoms with Gasteiger partial charge in [0.05, 0.1) is 6.92 Å². The van der Waals surface area contributed by atoms with Gasteiger partial charge in [-0.2, -0.15) is 0 Å². The van der Waals surface area contributed by atoms with Gasteiger partial charge in [-0.05, 0) is 24.5 Å². The second kappa shape index (κ2) is 1.76. The molecule has 0 saturated heterocycles. The van der Waals surface area contributed by atoms with Crippen LogP contribution in [0.5, 0.6) is 0 Å². The van der Waals surface area contributed by atoms with Crippen molar-refractivity contribution in [3.05, 3.63) is 17.4 Å². The van der Waals surface area contributed by atoms with Crippen LogP contribution in [-0.4, -0.2) is 5.54 Å². The highest BCUT2D eigenvalue weighted by Crippen LogP contribution is 2.03. The summed E-state index contributed by atoms with van der Waals surface area (Å²) in [5.41, 5.74) is 7.33. The van der Waals surface area contributed by atoms with E-state index >= 15 is 0 Å². The molecule has 0 radical (unpaired) electrons. The van der Waals surface area contributed by atoms with Crippen LogP contribution < -0.4 is 0 Å². The van der Waals surface area contributed by atoms with E-state index in [4.69, 9.17) is 5.53 Å². The van der Waals surface area contributed by atoms with Crippen LogP contribution in [0.25, 0.3) is 10.4 Å². The summed E-state index contributed by atoms with van der Waals surface area (Å²) in [6.45, 7) is 7.03. The zero-order valence-corrected chi connectivity index (χ0v) is 4.55. The van der Waals surface area contributed by atoms with Crippen LogP contribution in [-0.2, 0) is 0 Å². The highest BCUT2D eigenvalue weighted by Gasteiger charge is 2.13. The second-order valence-electron chi connectivity index (χ2n) is 2.00. The van der Waals surface area contributed by atoms with Gasteiger partial charge in [-0.15, -0.1) is 0 Å². The van der Waals surface area contributed by atoms with E-state index in [9.17, 15) is 0 Å². The van der Waals surface area contributed by atoms with E-state index in [1.807, 2.05) is 0 Å². The molecule has 3 heteroatoms. The maximum atomic E-state index is 7.82. The number of hydrogen-bond donors (Lipinski definition) is 0. The zero-order valence-electron chi connectivity index (χ0n) is 4.55. The molecule has 0 bridgehead atoms. The fraction of sp³-hybridized carbons (Fsp3) is 0.750. The first-order chi connectivity index (χ1) is 3.06. The van der Waals surface area contributed by atoms with E-state index in [-0.39, 0.29) is 0 Å². The van der Waals surface area contributed by atoms with Crippen LogP contribution in [0.1, 0.15) is 13.8 Å². The van der Waals surface area contributed by atoms with E-state index in [1.165, 1.54) is 0 Å². The van der Waals surface area contributed by atoms with Crippen LogP contribution >= 0.6 is 0 Å². The number of azide groups is 1. The molecule has 0 N–H and O–H groups in total. The number of nitrogens with zero attached hydrogens (tertiary/aromatic N) is 3. The van der Waals surface area contributed by atoms with Gasteiger partial charge in [0.2, 0.25) is 0 Å². The molecule has 7 heavy (non-hydrogen) atoms. The summed E-state index contributed by atoms with van der Waals surface area (Å²) >= 11 is 0. The zero-order chi connectivity index (χ0) is 5.91. The fourth-order valence-electron chi connectivity index (χ4n) is 0.121. The topological polar surface area (TPSA) is 48.8 Å². The molecule has 0 fully saturated rings. The lowest BCUT2D eigenvalue weighted by atomic mass is 10.1. The van der Waals surface area contributed by atoms with Gasteiger partial charge in [0.1, 0.15) is 0 Å². The first kappa shape index (κ1) is 6.18. The Morgan fingerprint density at radius 2 is 2.14 bits per heavy atom. The predicted octanol–water partition coefficient (Wildman–Crippen LogP) is 1.91. The Hall–Kier alpha value is -0.820. The van der Waals surface area contributed by atoms with Crippen molar-refractivity contribution in [3.8, 4) is 0 Å². The minimum absolute atomic E-state index is 0.491. The first-order valence-corrected chi connectivity index (χ1v) is 1.98. The molecule has 0 aromatic rings. The Balaban J connectivity index is 3.80. The summed E-state index contributed by atoms with van der Waals surface area (Å²) < 4.78 is 0. The van der Waals surface area contributed by atoms with Crippen molar-refractivity contribution >= 4 is 0 Å². The second-order valence-corrected chi connectivity index (χ2v) is 2.00. The van der Waals surface area contributed by atoms with E-state index in [2.05, 4.69) is 16.9 Å². The van der Waals surface area contributed by atoms with Crippen LogP contribution in [0.15, 0.2) is 5.11 Å². The van der Waals surface area contributed by atoms with Gasteiger partial charge in [0, 0.05) is 4.91 Å². The van der Waals surface area contributed by atoms with E-state index in [0.29, 0.717) is 0 Å². The van der Waals surface area contributed by atoms with Gasteiger partial charge in [-0.1, -0.05) is 0 Å². The molecule has 0 saturated carbocycles. The van der Waals surface area contributed by atoms with Crippen molar-refractivity contribution < 1.29 is 0 Å². The van der Waals surface area contributed by atoms with Crippen molar-refractivity contribution in [1.29, 1.82) is 0 Å². The van der Waals surface area contributed by atoms with E-state index in [0.717, 1.165) is 0 Å². The van der Waals surface area contributed by atoms with Crippen LogP contribution in [0.3, 0.4) is 0 Å². The van der Waals surface area contributed by atoms with E-state index < -0.39 is 5.54 Å². The van der Waals surface area contributed by atoms with Crippen molar-refractivity contribution in [2.75, 3.05) is 0 Å². The highest BCUT2D eigenvalue weighted by molar-refractivity contribution is 4.79. The molecule has 0 atom stereocenters. The smallest absolute Gasteiger partial charge is 0.0394 e. The van der Waals surface area contributed by atoms with Gasteiger partial charge in [0.25, 0.3) is 0 Å². The molecule has 0 rings (SSSR count). The first-order valence-electron chi connectivity index (χ1n) is 1.98. The maximum absolute atomic E-state index is 7.82. The lowest BCUT2D eigenvalue weighted by molar-refractivity contribution is 0.644. The number of rotatable bonds is 1. The third-order valence-electron chi connectivity index (χ3n) is 0.315. The fourth-order valence-corrected chi connectivity index (χ4v) is 0.121. The maximum Gasteiger partial charge on any atom is 0.178 e. The molecular formula is C4H8N3+. The summed E-state index contributed by atoms with van der Waals surface area (Å²) in [5.74, 6) is 0.